The van der Waals surface area contributed by atoms with Gasteiger partial charge < -0.3 is 0 Å². The van der Waals surface area contributed by atoms with Gasteiger partial charge in [-0.25, -0.2) is 0 Å². The summed E-state index contributed by atoms with van der Waals surface area (Å²) in [5, 5.41) is 0. The van der Waals surface area contributed by atoms with Crippen molar-refractivity contribution in [1.29, 1.82) is 0 Å². The number of hydrogen-bond donors (Lipinski definition) is 0. The van der Waals surface area contributed by atoms with Crippen molar-refractivity contribution >= 4 is 5.57 Å². The molecule has 0 heterocycles. The van der Waals surface area contributed by atoms with Crippen LogP contribution in [0.25, 0.3) is 5.57 Å². The van der Waals surface area contributed by atoms with E-state index >= 15 is 0 Å². The van der Waals surface area contributed by atoms with Crippen molar-refractivity contribution in [3.05, 3.63) is 41.5 Å². The van der Waals surface area contributed by atoms with E-state index in [1.54, 1.807) is 16.7 Å². The van der Waals surface area contributed by atoms with Gasteiger partial charge in [-0.15, -0.1) is 0 Å². The third-order valence-corrected chi connectivity index (χ3v) is 3.65. The molecule has 14 heavy (non-hydrogen) atoms. The zero-order valence-corrected chi connectivity index (χ0v) is 8.50. The van der Waals surface area contributed by atoms with E-state index in [4.69, 9.17) is 0 Å². The van der Waals surface area contributed by atoms with Gasteiger partial charge in [0.2, 0.25) is 0 Å². The molecule has 0 fully saturated rings. The van der Waals surface area contributed by atoms with Crippen molar-refractivity contribution in [2.45, 2.75) is 32.1 Å². The summed E-state index contributed by atoms with van der Waals surface area (Å²) < 4.78 is 0. The van der Waals surface area contributed by atoms with Gasteiger partial charge in [-0.1, -0.05) is 30.3 Å². The Bertz CT molecular complexity index is 373. The first kappa shape index (κ1) is 8.28. The lowest BCUT2D eigenvalue weighted by Crippen LogP contribution is -2.15. The van der Waals surface area contributed by atoms with E-state index in [1.165, 1.54) is 32.1 Å². The number of aryl methyl sites for hydroxylation is 1. The van der Waals surface area contributed by atoms with E-state index in [1.807, 2.05) is 0 Å². The van der Waals surface area contributed by atoms with Gasteiger partial charge in [0.15, 0.2) is 0 Å². The monoisotopic (exact) mass is 184 g/mol. The number of fused-ring (bicyclic) bond motifs is 3. The summed E-state index contributed by atoms with van der Waals surface area (Å²) in [5.74, 6) is 0.874. The van der Waals surface area contributed by atoms with E-state index in [-0.39, 0.29) is 0 Å². The molecule has 2 aliphatic rings. The minimum Gasteiger partial charge on any atom is -0.0804 e. The van der Waals surface area contributed by atoms with Gasteiger partial charge in [-0.05, 0) is 54.7 Å². The molecular weight excluding hydrogens is 168 g/mol. The minimum absolute atomic E-state index is 0.874. The van der Waals surface area contributed by atoms with Crippen LogP contribution in [-0.4, -0.2) is 0 Å². The van der Waals surface area contributed by atoms with Crippen molar-refractivity contribution in [1.82, 2.24) is 0 Å². The number of benzene rings is 1. The van der Waals surface area contributed by atoms with Crippen molar-refractivity contribution in [3.8, 4) is 0 Å². The van der Waals surface area contributed by atoms with E-state index in [9.17, 15) is 0 Å². The van der Waals surface area contributed by atoms with Gasteiger partial charge in [0.25, 0.3) is 0 Å². The first-order chi connectivity index (χ1) is 6.95. The van der Waals surface area contributed by atoms with E-state index in [0.29, 0.717) is 0 Å². The molecule has 0 heteroatoms. The Hall–Kier alpha value is -1.04. The summed E-state index contributed by atoms with van der Waals surface area (Å²) in [6.07, 6.45) is 9.25. The van der Waals surface area contributed by atoms with Gasteiger partial charge in [-0.3, -0.25) is 0 Å². The Balaban J connectivity index is 2.11. The molecule has 1 atom stereocenters. The van der Waals surface area contributed by atoms with Crippen LogP contribution in [0.5, 0.6) is 0 Å². The highest BCUT2D eigenvalue weighted by molar-refractivity contribution is 5.72. The molecule has 1 unspecified atom stereocenters. The molecule has 72 valence electrons. The molecule has 0 aromatic heterocycles. The van der Waals surface area contributed by atoms with Crippen molar-refractivity contribution in [2.75, 3.05) is 0 Å². The smallest absolute Gasteiger partial charge is 0.0156 e. The molecule has 3 rings (SSSR count). The van der Waals surface area contributed by atoms with Gasteiger partial charge in [0.1, 0.15) is 0 Å². The molecular formula is C14H16. The Kier molecular flexibility index (Phi) is 1.93. The van der Waals surface area contributed by atoms with Crippen LogP contribution >= 0.6 is 0 Å². The van der Waals surface area contributed by atoms with Crippen LogP contribution in [0.4, 0.5) is 0 Å². The average molecular weight is 184 g/mol. The van der Waals surface area contributed by atoms with Crippen LogP contribution in [0.2, 0.25) is 0 Å². The number of hydrogen-bond acceptors (Lipinski definition) is 0. The van der Waals surface area contributed by atoms with Crippen LogP contribution in [0.3, 0.4) is 0 Å². The average Bonchev–Trinajstić information content (AvgIpc) is 2.29. The van der Waals surface area contributed by atoms with Crippen LogP contribution < -0.4 is 0 Å². The van der Waals surface area contributed by atoms with Gasteiger partial charge >= 0.3 is 0 Å². The first-order valence-corrected chi connectivity index (χ1v) is 5.73. The standard InChI is InChI=1S/C14H16/c1-3-7-13-11(5-1)9-10-12-6-2-4-8-14(12)13/h1,3,5,7-8,12H,2,4,6,9-10H2. The molecule has 1 aromatic carbocycles. The van der Waals surface area contributed by atoms with Crippen molar-refractivity contribution in [2.24, 2.45) is 5.92 Å². The van der Waals surface area contributed by atoms with Crippen LogP contribution in [0.1, 0.15) is 36.8 Å². The summed E-state index contributed by atoms with van der Waals surface area (Å²) in [6.45, 7) is 0. The summed E-state index contributed by atoms with van der Waals surface area (Å²) >= 11 is 0. The molecule has 0 radical (unpaired) electrons. The highest BCUT2D eigenvalue weighted by Gasteiger charge is 2.24. The maximum absolute atomic E-state index is 2.48. The second kappa shape index (κ2) is 3.27. The van der Waals surface area contributed by atoms with Crippen molar-refractivity contribution in [3.63, 3.8) is 0 Å². The minimum atomic E-state index is 0.874. The van der Waals surface area contributed by atoms with Crippen molar-refractivity contribution < 1.29 is 0 Å². The Morgan fingerprint density at radius 2 is 2.00 bits per heavy atom. The molecule has 0 spiro atoms. The molecule has 1 aromatic rings. The SMILES string of the molecule is C1=C2c3ccccc3CCC2CCC1. The summed E-state index contributed by atoms with van der Waals surface area (Å²) in [5.41, 5.74) is 4.76. The van der Waals surface area contributed by atoms with Crippen LogP contribution in [0, 0.1) is 5.92 Å². The molecule has 0 aliphatic heterocycles. The maximum atomic E-state index is 2.48. The summed E-state index contributed by atoms with van der Waals surface area (Å²) in [4.78, 5) is 0. The van der Waals surface area contributed by atoms with Gasteiger partial charge in [0.05, 0.1) is 0 Å². The number of allylic oxidation sites excluding steroid dienone is 2. The lowest BCUT2D eigenvalue weighted by Gasteiger charge is -2.30. The van der Waals surface area contributed by atoms with E-state index in [2.05, 4.69) is 30.3 Å². The Morgan fingerprint density at radius 3 is 3.00 bits per heavy atom. The normalized spacial score (nSPS) is 24.9. The topological polar surface area (TPSA) is 0 Å². The number of rotatable bonds is 0. The summed E-state index contributed by atoms with van der Waals surface area (Å²) in [7, 11) is 0. The molecule has 2 aliphatic carbocycles. The van der Waals surface area contributed by atoms with Crippen LogP contribution in [0.15, 0.2) is 30.3 Å². The quantitative estimate of drug-likeness (QED) is 0.575. The Labute approximate surface area is 85.6 Å². The fraction of sp³-hybridized carbons (Fsp3) is 0.429. The van der Waals surface area contributed by atoms with Gasteiger partial charge in [0, 0.05) is 0 Å². The predicted molar refractivity (Wildman–Crippen MR) is 60.1 cm³/mol. The first-order valence-electron chi connectivity index (χ1n) is 5.73. The molecule has 0 N–H and O–H groups in total. The fourth-order valence-electron chi connectivity index (χ4n) is 2.92. The fourth-order valence-corrected chi connectivity index (χ4v) is 2.92. The maximum Gasteiger partial charge on any atom is -0.0156 e. The molecule has 0 bridgehead atoms. The molecule has 0 saturated carbocycles. The second-order valence-corrected chi connectivity index (χ2v) is 4.48. The zero-order chi connectivity index (χ0) is 9.38. The predicted octanol–water partition coefficient (Wildman–Crippen LogP) is 3.82. The zero-order valence-electron chi connectivity index (χ0n) is 8.50. The molecule has 0 amide bonds. The summed E-state index contributed by atoms with van der Waals surface area (Å²) in [6, 6.07) is 8.94. The van der Waals surface area contributed by atoms with Gasteiger partial charge in [-0.2, -0.15) is 0 Å². The molecule has 0 saturated heterocycles. The Morgan fingerprint density at radius 1 is 1.07 bits per heavy atom. The third kappa shape index (κ3) is 1.21. The van der Waals surface area contributed by atoms with E-state index in [0.717, 1.165) is 5.92 Å². The lowest BCUT2D eigenvalue weighted by molar-refractivity contribution is 0.509. The highest BCUT2D eigenvalue weighted by Crippen LogP contribution is 2.40. The second-order valence-electron chi connectivity index (χ2n) is 4.48. The third-order valence-electron chi connectivity index (χ3n) is 3.65. The largest absolute Gasteiger partial charge is 0.0804 e. The highest BCUT2D eigenvalue weighted by atomic mass is 14.3. The van der Waals surface area contributed by atoms with Crippen LogP contribution in [-0.2, 0) is 6.42 Å². The van der Waals surface area contributed by atoms with E-state index < -0.39 is 0 Å². The molecule has 0 nitrogen and oxygen atoms in total. The lowest BCUT2D eigenvalue weighted by atomic mass is 9.74.